The molecule has 0 spiro atoms. The molecule has 1 aliphatic rings. The number of amides is 1. The van der Waals surface area contributed by atoms with Gasteiger partial charge in [0.25, 0.3) is 0 Å². The van der Waals surface area contributed by atoms with E-state index in [2.05, 4.69) is 43.5 Å². The van der Waals surface area contributed by atoms with Crippen molar-refractivity contribution in [1.29, 1.82) is 0 Å². The number of carbonyl (C=O) groups excluding carboxylic acids is 1. The molecule has 1 amide bonds. The van der Waals surface area contributed by atoms with E-state index in [1.54, 1.807) is 6.08 Å². The van der Waals surface area contributed by atoms with Crippen molar-refractivity contribution in [2.45, 2.75) is 255 Å². The second-order valence-electron chi connectivity index (χ2n) is 17.0. The van der Waals surface area contributed by atoms with Crippen LogP contribution in [0.5, 0.6) is 0 Å². The number of hydrogen-bond acceptors (Lipinski definition) is 9. The van der Waals surface area contributed by atoms with E-state index in [1.165, 1.54) is 128 Å². The molecule has 0 bridgehead atoms. The van der Waals surface area contributed by atoms with Gasteiger partial charge in [0.15, 0.2) is 6.29 Å². The number of aliphatic hydroxyl groups excluding tert-OH is 6. The second kappa shape index (κ2) is 39.2. The first-order valence-corrected chi connectivity index (χ1v) is 24.3. The predicted molar refractivity (Wildman–Crippen MR) is 241 cm³/mol. The lowest BCUT2D eigenvalue weighted by Crippen LogP contribution is -2.60. The van der Waals surface area contributed by atoms with Crippen molar-refractivity contribution >= 4 is 5.91 Å². The standard InChI is InChI=1S/C49H91NO9/c1-3-5-7-9-11-13-15-17-19-20-21-22-24-26-28-30-32-34-36-38-43(53)48(57)50-41(40-58-49-47(56)46(55)45(54)44(39-51)59-49)42(52)37-35-33-31-29-27-25-23-18-16-14-12-10-8-6-4-2/h16,18,27,29,35,37,41-47,49,51-56H,3-15,17,19-26,28,30-34,36,38-40H2,1-2H3,(H,50,57)/b18-16+,29-27+,37-35+. The third kappa shape index (κ3) is 29.3. The first-order chi connectivity index (χ1) is 28.8. The van der Waals surface area contributed by atoms with Crippen molar-refractivity contribution in [2.24, 2.45) is 0 Å². The molecule has 0 radical (unpaired) electrons. The summed E-state index contributed by atoms with van der Waals surface area (Å²) in [7, 11) is 0. The molecule has 59 heavy (non-hydrogen) atoms. The molecule has 7 N–H and O–H groups in total. The molecule has 8 unspecified atom stereocenters. The number of carbonyl (C=O) groups is 1. The SMILES string of the molecule is CCCCCCC/C=C/CC/C=C/CC/C=C/C(O)C(COC1OC(CO)C(O)C(O)C1O)NC(=O)C(O)CCCCCCCCCCCCCCCCCCCCC. The zero-order valence-corrected chi connectivity index (χ0v) is 37.6. The Hall–Kier alpha value is -1.63. The van der Waals surface area contributed by atoms with Crippen molar-refractivity contribution in [1.82, 2.24) is 5.32 Å². The Kier molecular flexibility index (Phi) is 36.8. The second-order valence-corrected chi connectivity index (χ2v) is 17.0. The fourth-order valence-electron chi connectivity index (χ4n) is 7.55. The van der Waals surface area contributed by atoms with Crippen molar-refractivity contribution in [3.63, 3.8) is 0 Å². The molecule has 1 saturated heterocycles. The molecule has 346 valence electrons. The van der Waals surface area contributed by atoms with E-state index in [9.17, 15) is 35.4 Å². The minimum absolute atomic E-state index is 0.304. The highest BCUT2D eigenvalue weighted by atomic mass is 16.7. The van der Waals surface area contributed by atoms with Gasteiger partial charge in [0.05, 0.1) is 25.4 Å². The zero-order valence-electron chi connectivity index (χ0n) is 37.6. The maximum atomic E-state index is 13.1. The molecular formula is C49H91NO9. The van der Waals surface area contributed by atoms with Crippen LogP contribution < -0.4 is 5.32 Å². The number of unbranched alkanes of at least 4 members (excludes halogenated alkanes) is 25. The summed E-state index contributed by atoms with van der Waals surface area (Å²) in [6.45, 7) is 3.58. The van der Waals surface area contributed by atoms with Gasteiger partial charge < -0.3 is 45.4 Å². The molecule has 10 heteroatoms. The van der Waals surface area contributed by atoms with Gasteiger partial charge in [-0.25, -0.2) is 0 Å². The summed E-state index contributed by atoms with van der Waals surface area (Å²) in [5, 5.41) is 64.7. The minimum atomic E-state index is -1.62. The van der Waals surface area contributed by atoms with E-state index in [4.69, 9.17) is 9.47 Å². The lowest BCUT2D eigenvalue weighted by Gasteiger charge is -2.40. The van der Waals surface area contributed by atoms with E-state index < -0.39 is 61.5 Å². The Labute approximate surface area is 360 Å². The van der Waals surface area contributed by atoms with Crippen LogP contribution in [0.2, 0.25) is 0 Å². The summed E-state index contributed by atoms with van der Waals surface area (Å²) in [6, 6.07) is -1.00. The van der Waals surface area contributed by atoms with Crippen molar-refractivity contribution in [3.05, 3.63) is 36.5 Å². The molecule has 1 rings (SSSR count). The van der Waals surface area contributed by atoms with Crippen molar-refractivity contribution < 1.29 is 44.9 Å². The Balaban J connectivity index is 2.40. The van der Waals surface area contributed by atoms with Crippen LogP contribution in [0.1, 0.15) is 206 Å². The summed E-state index contributed by atoms with van der Waals surface area (Å²) in [4.78, 5) is 13.1. The molecule has 0 saturated carbocycles. The van der Waals surface area contributed by atoms with Gasteiger partial charge in [0, 0.05) is 0 Å². The number of hydrogen-bond donors (Lipinski definition) is 7. The van der Waals surface area contributed by atoms with Crippen LogP contribution >= 0.6 is 0 Å². The number of allylic oxidation sites excluding steroid dienone is 5. The third-order valence-corrected chi connectivity index (χ3v) is 11.6. The van der Waals surface area contributed by atoms with Gasteiger partial charge in [-0.05, 0) is 44.9 Å². The van der Waals surface area contributed by atoms with Crippen LogP contribution in [-0.4, -0.2) is 98.7 Å². The molecule has 10 nitrogen and oxygen atoms in total. The van der Waals surface area contributed by atoms with E-state index in [-0.39, 0.29) is 6.61 Å². The summed E-state index contributed by atoms with van der Waals surface area (Å²) in [5.74, 6) is -0.629. The Bertz CT molecular complexity index is 1040. The molecular weight excluding hydrogens is 747 g/mol. The largest absolute Gasteiger partial charge is 0.394 e. The van der Waals surface area contributed by atoms with Gasteiger partial charge in [-0.15, -0.1) is 0 Å². The summed E-state index contributed by atoms with van der Waals surface area (Å²) < 4.78 is 11.1. The smallest absolute Gasteiger partial charge is 0.249 e. The summed E-state index contributed by atoms with van der Waals surface area (Å²) in [6.07, 6.45) is 38.0. The predicted octanol–water partition coefficient (Wildman–Crippen LogP) is 9.42. The number of aliphatic hydroxyl groups is 6. The maximum absolute atomic E-state index is 13.1. The molecule has 0 aromatic rings. The lowest BCUT2D eigenvalue weighted by atomic mass is 9.99. The van der Waals surface area contributed by atoms with E-state index >= 15 is 0 Å². The van der Waals surface area contributed by atoms with Crippen molar-refractivity contribution in [3.8, 4) is 0 Å². The maximum Gasteiger partial charge on any atom is 0.249 e. The quantitative estimate of drug-likeness (QED) is 0.0235. The Morgan fingerprint density at radius 1 is 0.576 bits per heavy atom. The number of ether oxygens (including phenoxy) is 2. The summed E-state index contributed by atoms with van der Waals surface area (Å²) >= 11 is 0. The average Bonchev–Trinajstić information content (AvgIpc) is 3.23. The topological polar surface area (TPSA) is 169 Å². The minimum Gasteiger partial charge on any atom is -0.394 e. The fraction of sp³-hybridized carbons (Fsp3) is 0.857. The van der Waals surface area contributed by atoms with Crippen LogP contribution in [0.25, 0.3) is 0 Å². The molecule has 1 heterocycles. The van der Waals surface area contributed by atoms with Gasteiger partial charge >= 0.3 is 0 Å². The average molecular weight is 838 g/mol. The van der Waals surface area contributed by atoms with Gasteiger partial charge in [-0.2, -0.15) is 0 Å². The molecule has 1 fully saturated rings. The fourth-order valence-corrected chi connectivity index (χ4v) is 7.55. The molecule has 8 atom stereocenters. The zero-order chi connectivity index (χ0) is 43.2. The van der Waals surface area contributed by atoms with Gasteiger partial charge in [-0.3, -0.25) is 4.79 Å². The normalized spacial score (nSPS) is 21.5. The Morgan fingerprint density at radius 3 is 1.47 bits per heavy atom. The highest BCUT2D eigenvalue weighted by Crippen LogP contribution is 2.23. The highest BCUT2D eigenvalue weighted by Gasteiger charge is 2.44. The first kappa shape index (κ1) is 55.4. The van der Waals surface area contributed by atoms with Crippen LogP contribution in [0, 0.1) is 0 Å². The van der Waals surface area contributed by atoms with Crippen LogP contribution in [-0.2, 0) is 14.3 Å². The number of nitrogens with one attached hydrogen (secondary N) is 1. The monoisotopic (exact) mass is 838 g/mol. The lowest BCUT2D eigenvalue weighted by molar-refractivity contribution is -0.302. The van der Waals surface area contributed by atoms with Crippen LogP contribution in [0.4, 0.5) is 0 Å². The first-order valence-electron chi connectivity index (χ1n) is 24.3. The van der Waals surface area contributed by atoms with E-state index in [0.29, 0.717) is 19.3 Å². The summed E-state index contributed by atoms with van der Waals surface area (Å²) in [5.41, 5.74) is 0. The highest BCUT2D eigenvalue weighted by molar-refractivity contribution is 5.80. The van der Waals surface area contributed by atoms with E-state index in [0.717, 1.165) is 44.9 Å². The molecule has 0 aromatic carbocycles. The number of rotatable bonds is 40. The molecule has 0 aliphatic carbocycles. The third-order valence-electron chi connectivity index (χ3n) is 11.6. The molecule has 0 aromatic heterocycles. The van der Waals surface area contributed by atoms with Gasteiger partial charge in [-0.1, -0.05) is 198 Å². The molecule has 1 aliphatic heterocycles. The van der Waals surface area contributed by atoms with Crippen molar-refractivity contribution in [2.75, 3.05) is 13.2 Å². The van der Waals surface area contributed by atoms with Gasteiger partial charge in [0.1, 0.15) is 30.5 Å². The Morgan fingerprint density at radius 2 is 1.00 bits per heavy atom. The van der Waals surface area contributed by atoms with E-state index in [1.807, 2.05) is 6.08 Å². The van der Waals surface area contributed by atoms with Crippen LogP contribution in [0.3, 0.4) is 0 Å². The van der Waals surface area contributed by atoms with Crippen LogP contribution in [0.15, 0.2) is 36.5 Å². The van der Waals surface area contributed by atoms with Gasteiger partial charge in [0.2, 0.25) is 5.91 Å².